The van der Waals surface area contributed by atoms with Crippen molar-refractivity contribution < 1.29 is 4.79 Å². The number of likely N-dealkylation sites (N-methyl/N-ethyl adjacent to an activating group) is 1. The van der Waals surface area contributed by atoms with E-state index in [2.05, 4.69) is 68.3 Å². The highest BCUT2D eigenvalue weighted by atomic mass is 32.1. The fraction of sp³-hybridized carbons (Fsp3) is 0.333. The zero-order chi connectivity index (χ0) is 18.9. The van der Waals surface area contributed by atoms with Crippen LogP contribution in [0.25, 0.3) is 5.57 Å². The molecule has 0 aliphatic carbocycles. The number of aryl methyl sites for hydroxylation is 1. The quantitative estimate of drug-likeness (QED) is 0.621. The van der Waals surface area contributed by atoms with Gasteiger partial charge in [0.2, 0.25) is 0 Å². The Hall–Kier alpha value is -2.40. The van der Waals surface area contributed by atoms with Crippen LogP contribution in [0.5, 0.6) is 0 Å². The molecule has 5 heteroatoms. The van der Waals surface area contributed by atoms with Crippen molar-refractivity contribution in [2.24, 2.45) is 5.10 Å². The number of thiophene rings is 1. The SMILES string of the molecule is CCN1c2cc(C)c(/C=N/NC(=O)c3cccs3)cc2C(C)=CC1(C)C. The first-order chi connectivity index (χ1) is 12.3. The minimum absolute atomic E-state index is 0.00254. The van der Waals surface area contributed by atoms with Crippen LogP contribution in [0.2, 0.25) is 0 Å². The fourth-order valence-corrected chi connectivity index (χ4v) is 4.20. The van der Waals surface area contributed by atoms with E-state index in [-0.39, 0.29) is 11.4 Å². The lowest BCUT2D eigenvalue weighted by atomic mass is 9.87. The number of hydrogen-bond donors (Lipinski definition) is 1. The largest absolute Gasteiger partial charge is 0.363 e. The lowest BCUT2D eigenvalue weighted by molar-refractivity contribution is 0.0959. The summed E-state index contributed by atoms with van der Waals surface area (Å²) < 4.78 is 0. The number of anilines is 1. The molecule has 1 aromatic carbocycles. The molecule has 0 spiro atoms. The highest BCUT2D eigenvalue weighted by Crippen LogP contribution is 2.39. The number of allylic oxidation sites excluding steroid dienone is 1. The molecule has 26 heavy (non-hydrogen) atoms. The van der Waals surface area contributed by atoms with Crippen molar-refractivity contribution in [3.63, 3.8) is 0 Å². The van der Waals surface area contributed by atoms with Crippen molar-refractivity contribution in [2.45, 2.75) is 40.2 Å². The van der Waals surface area contributed by atoms with E-state index in [0.717, 1.165) is 17.7 Å². The molecule has 136 valence electrons. The summed E-state index contributed by atoms with van der Waals surface area (Å²) in [6.45, 7) is 11.9. The van der Waals surface area contributed by atoms with Crippen molar-refractivity contribution in [3.8, 4) is 0 Å². The van der Waals surface area contributed by atoms with Gasteiger partial charge in [-0.2, -0.15) is 5.10 Å². The third-order valence-corrected chi connectivity index (χ3v) is 5.66. The van der Waals surface area contributed by atoms with Gasteiger partial charge >= 0.3 is 0 Å². The summed E-state index contributed by atoms with van der Waals surface area (Å²) in [5.74, 6) is -0.179. The van der Waals surface area contributed by atoms with Gasteiger partial charge in [-0.25, -0.2) is 5.43 Å². The molecule has 0 radical (unpaired) electrons. The molecule has 0 bridgehead atoms. The Morgan fingerprint density at radius 1 is 1.35 bits per heavy atom. The molecule has 0 fully saturated rings. The minimum atomic E-state index is -0.179. The summed E-state index contributed by atoms with van der Waals surface area (Å²) >= 11 is 1.40. The van der Waals surface area contributed by atoms with Crippen LogP contribution in [0, 0.1) is 6.92 Å². The zero-order valence-corrected chi connectivity index (χ0v) is 16.8. The number of fused-ring (bicyclic) bond motifs is 1. The molecule has 2 aromatic rings. The Morgan fingerprint density at radius 3 is 2.77 bits per heavy atom. The van der Waals surface area contributed by atoms with Crippen LogP contribution in [0.3, 0.4) is 0 Å². The number of hydrazone groups is 1. The number of rotatable bonds is 4. The topological polar surface area (TPSA) is 44.7 Å². The second kappa shape index (κ2) is 7.08. The summed E-state index contributed by atoms with van der Waals surface area (Å²) in [4.78, 5) is 15.1. The third-order valence-electron chi connectivity index (χ3n) is 4.80. The van der Waals surface area contributed by atoms with E-state index in [9.17, 15) is 4.79 Å². The van der Waals surface area contributed by atoms with Crippen LogP contribution in [0.1, 0.15) is 54.1 Å². The van der Waals surface area contributed by atoms with E-state index >= 15 is 0 Å². The van der Waals surface area contributed by atoms with Gasteiger partial charge in [-0.1, -0.05) is 12.1 Å². The van der Waals surface area contributed by atoms with E-state index < -0.39 is 0 Å². The van der Waals surface area contributed by atoms with Crippen LogP contribution in [0.15, 0.2) is 40.8 Å². The molecule has 0 atom stereocenters. The van der Waals surface area contributed by atoms with Gasteiger partial charge in [0.25, 0.3) is 5.91 Å². The molecular formula is C21H25N3OS. The summed E-state index contributed by atoms with van der Waals surface area (Å²) in [6.07, 6.45) is 4.04. The Balaban J connectivity index is 1.88. The number of carbonyl (C=O) groups excluding carboxylic acids is 1. The molecule has 1 aliphatic heterocycles. The van der Waals surface area contributed by atoms with E-state index in [1.54, 1.807) is 12.3 Å². The molecule has 1 aliphatic rings. The van der Waals surface area contributed by atoms with Crippen LogP contribution in [0.4, 0.5) is 5.69 Å². The normalized spacial score (nSPS) is 15.7. The average molecular weight is 368 g/mol. The lowest BCUT2D eigenvalue weighted by Crippen LogP contribution is -2.45. The lowest BCUT2D eigenvalue weighted by Gasteiger charge is -2.43. The van der Waals surface area contributed by atoms with E-state index in [4.69, 9.17) is 0 Å². The van der Waals surface area contributed by atoms with Crippen LogP contribution in [-0.2, 0) is 0 Å². The Bertz CT molecular complexity index is 879. The third kappa shape index (κ3) is 3.44. The van der Waals surface area contributed by atoms with Gasteiger partial charge in [0, 0.05) is 17.8 Å². The Labute approximate surface area is 159 Å². The highest BCUT2D eigenvalue weighted by Gasteiger charge is 2.30. The number of benzene rings is 1. The van der Waals surface area contributed by atoms with Gasteiger partial charge in [-0.3, -0.25) is 4.79 Å². The highest BCUT2D eigenvalue weighted by molar-refractivity contribution is 7.12. The van der Waals surface area contributed by atoms with Gasteiger partial charge in [-0.15, -0.1) is 11.3 Å². The van der Waals surface area contributed by atoms with E-state index in [1.165, 1.54) is 28.2 Å². The fourth-order valence-electron chi connectivity index (χ4n) is 3.58. The molecule has 1 aromatic heterocycles. The van der Waals surface area contributed by atoms with Crippen LogP contribution < -0.4 is 10.3 Å². The second-order valence-corrected chi connectivity index (χ2v) is 8.08. The summed E-state index contributed by atoms with van der Waals surface area (Å²) in [5, 5.41) is 6.03. The van der Waals surface area contributed by atoms with Gasteiger partial charge in [-0.05, 0) is 74.9 Å². The maximum absolute atomic E-state index is 12.0. The standard InChI is InChI=1S/C21H25N3OS/c1-6-24-18-10-14(2)16(11-17(18)15(3)12-21(24,4)5)13-22-23-20(25)19-8-7-9-26-19/h7-13H,6H2,1-5H3,(H,23,25)/b22-13+. The first-order valence-electron chi connectivity index (χ1n) is 8.82. The Kier molecular flexibility index (Phi) is 5.01. The van der Waals surface area contributed by atoms with Gasteiger partial charge in [0.1, 0.15) is 0 Å². The maximum atomic E-state index is 12.0. The zero-order valence-electron chi connectivity index (χ0n) is 16.0. The van der Waals surface area contributed by atoms with Gasteiger partial charge in [0.15, 0.2) is 0 Å². The summed E-state index contributed by atoms with van der Waals surface area (Å²) in [5.41, 5.74) is 8.51. The molecule has 2 heterocycles. The second-order valence-electron chi connectivity index (χ2n) is 7.13. The molecule has 0 saturated carbocycles. The van der Waals surface area contributed by atoms with Gasteiger partial charge in [0.05, 0.1) is 16.6 Å². The van der Waals surface area contributed by atoms with Crippen molar-refractivity contribution >= 4 is 34.7 Å². The van der Waals surface area contributed by atoms with E-state index in [1.807, 2.05) is 11.4 Å². The first-order valence-corrected chi connectivity index (χ1v) is 9.70. The monoisotopic (exact) mass is 367 g/mol. The molecule has 3 rings (SSSR count). The Morgan fingerprint density at radius 2 is 2.12 bits per heavy atom. The smallest absolute Gasteiger partial charge is 0.281 e. The first kappa shape index (κ1) is 18.4. The number of carbonyl (C=O) groups is 1. The number of hydrogen-bond acceptors (Lipinski definition) is 4. The van der Waals surface area contributed by atoms with Gasteiger partial charge < -0.3 is 4.90 Å². The number of nitrogens with zero attached hydrogens (tertiary/aromatic N) is 2. The molecule has 0 saturated heterocycles. The molecule has 1 N–H and O–H groups in total. The predicted molar refractivity (Wildman–Crippen MR) is 111 cm³/mol. The minimum Gasteiger partial charge on any atom is -0.363 e. The van der Waals surface area contributed by atoms with Crippen molar-refractivity contribution in [1.82, 2.24) is 5.43 Å². The van der Waals surface area contributed by atoms with Crippen LogP contribution in [-0.4, -0.2) is 24.2 Å². The van der Waals surface area contributed by atoms with Crippen molar-refractivity contribution in [1.29, 1.82) is 0 Å². The number of nitrogens with one attached hydrogen (secondary N) is 1. The molecular weight excluding hydrogens is 342 g/mol. The van der Waals surface area contributed by atoms with Crippen molar-refractivity contribution in [3.05, 3.63) is 57.3 Å². The number of amides is 1. The summed E-state index contributed by atoms with van der Waals surface area (Å²) in [6, 6.07) is 8.02. The maximum Gasteiger partial charge on any atom is 0.281 e. The molecule has 0 unspecified atom stereocenters. The average Bonchev–Trinajstić information content (AvgIpc) is 3.10. The molecule has 1 amide bonds. The summed E-state index contributed by atoms with van der Waals surface area (Å²) in [7, 11) is 0. The van der Waals surface area contributed by atoms with Crippen LogP contribution >= 0.6 is 11.3 Å². The van der Waals surface area contributed by atoms with E-state index in [0.29, 0.717) is 4.88 Å². The predicted octanol–water partition coefficient (Wildman–Crippen LogP) is 4.84. The van der Waals surface area contributed by atoms with Crippen molar-refractivity contribution in [2.75, 3.05) is 11.4 Å². The molecule has 4 nitrogen and oxygen atoms in total.